The fourth-order valence-electron chi connectivity index (χ4n) is 1.52. The Kier molecular flexibility index (Phi) is 4.84. The van der Waals surface area contributed by atoms with Gasteiger partial charge < -0.3 is 5.32 Å². The average Bonchev–Trinajstić information content (AvgIpc) is 2.88. The van der Waals surface area contributed by atoms with Crippen LogP contribution in [0.1, 0.15) is 6.92 Å². The average molecular weight is 363 g/mol. The van der Waals surface area contributed by atoms with Crippen LogP contribution in [-0.2, 0) is 14.6 Å². The van der Waals surface area contributed by atoms with Crippen LogP contribution in [0.25, 0.3) is 11.3 Å². The van der Waals surface area contributed by atoms with E-state index in [1.54, 1.807) is 5.38 Å². The molecule has 0 saturated carbocycles. The van der Waals surface area contributed by atoms with E-state index in [0.29, 0.717) is 11.3 Å². The minimum absolute atomic E-state index is 0.0261. The largest absolute Gasteiger partial charge is 0.301 e. The highest BCUT2D eigenvalue weighted by Gasteiger charge is 2.24. The van der Waals surface area contributed by atoms with E-state index in [0.717, 1.165) is 17.6 Å². The highest BCUT2D eigenvalue weighted by Crippen LogP contribution is 2.28. The lowest BCUT2D eigenvalue weighted by Gasteiger charge is -2.07. The van der Waals surface area contributed by atoms with Gasteiger partial charge in [0.2, 0.25) is 5.91 Å². The number of carbonyl (C=O) groups is 1. The lowest BCUT2D eigenvalue weighted by Crippen LogP contribution is -2.31. The van der Waals surface area contributed by atoms with Crippen molar-refractivity contribution < 1.29 is 17.6 Å². The second-order valence-electron chi connectivity index (χ2n) is 4.63. The summed E-state index contributed by atoms with van der Waals surface area (Å²) < 4.78 is 35.8. The Bertz CT molecular complexity index is 820. The monoisotopic (exact) mass is 362 g/mol. The molecule has 1 amide bonds. The van der Waals surface area contributed by atoms with Gasteiger partial charge in [-0.1, -0.05) is 11.6 Å². The minimum atomic E-state index is -3.47. The molecule has 0 aliphatic rings. The van der Waals surface area contributed by atoms with Crippen LogP contribution in [0.2, 0.25) is 5.02 Å². The van der Waals surface area contributed by atoms with Gasteiger partial charge >= 0.3 is 0 Å². The van der Waals surface area contributed by atoms with Crippen molar-refractivity contribution in [3.05, 3.63) is 34.4 Å². The number of rotatable bonds is 4. The molecule has 0 spiro atoms. The number of aromatic nitrogens is 1. The Morgan fingerprint density at radius 1 is 1.45 bits per heavy atom. The quantitative estimate of drug-likeness (QED) is 0.907. The molecular formula is C13H12ClFN2O3S2. The van der Waals surface area contributed by atoms with Gasteiger partial charge in [0, 0.05) is 17.2 Å². The van der Waals surface area contributed by atoms with Gasteiger partial charge in [-0.2, -0.15) is 0 Å². The summed E-state index contributed by atoms with van der Waals surface area (Å²) in [7, 11) is -3.47. The predicted molar refractivity (Wildman–Crippen MR) is 85.5 cm³/mol. The lowest BCUT2D eigenvalue weighted by atomic mass is 10.2. The number of amides is 1. The normalized spacial score (nSPS) is 12.9. The van der Waals surface area contributed by atoms with E-state index in [-0.39, 0.29) is 10.2 Å². The third kappa shape index (κ3) is 3.82. The van der Waals surface area contributed by atoms with Crippen molar-refractivity contribution in [2.45, 2.75) is 12.2 Å². The zero-order valence-corrected chi connectivity index (χ0v) is 14.0. The molecule has 22 heavy (non-hydrogen) atoms. The van der Waals surface area contributed by atoms with Gasteiger partial charge in [-0.25, -0.2) is 17.8 Å². The number of halogens is 2. The van der Waals surface area contributed by atoms with Gasteiger partial charge in [-0.05, 0) is 25.1 Å². The number of hydrogen-bond acceptors (Lipinski definition) is 5. The van der Waals surface area contributed by atoms with Crippen molar-refractivity contribution in [2.75, 3.05) is 11.6 Å². The summed E-state index contributed by atoms with van der Waals surface area (Å²) in [5.41, 5.74) is 1.11. The topological polar surface area (TPSA) is 76.1 Å². The molecular weight excluding hydrogens is 351 g/mol. The molecule has 0 aliphatic carbocycles. The second-order valence-corrected chi connectivity index (χ2v) is 8.26. The molecule has 2 rings (SSSR count). The van der Waals surface area contributed by atoms with Gasteiger partial charge in [-0.15, -0.1) is 11.3 Å². The standard InChI is InChI=1S/C13H12ClFN2O3S2/c1-7(22(2,19)20)12(18)17-13-16-11(6-21-13)8-3-4-10(15)9(14)5-8/h3-7H,1-2H3,(H,16,17,18). The smallest absolute Gasteiger partial charge is 0.244 e. The SMILES string of the molecule is CC(C(=O)Nc1nc(-c2ccc(F)c(Cl)c2)cs1)S(C)(=O)=O. The van der Waals surface area contributed by atoms with Gasteiger partial charge in [0.15, 0.2) is 15.0 Å². The van der Waals surface area contributed by atoms with Crippen molar-refractivity contribution in [2.24, 2.45) is 0 Å². The number of thiazole rings is 1. The van der Waals surface area contributed by atoms with E-state index in [1.165, 1.54) is 25.1 Å². The lowest BCUT2D eigenvalue weighted by molar-refractivity contribution is -0.115. The van der Waals surface area contributed by atoms with E-state index < -0.39 is 26.8 Å². The van der Waals surface area contributed by atoms with Gasteiger partial charge in [0.1, 0.15) is 11.1 Å². The third-order valence-electron chi connectivity index (χ3n) is 2.96. The first kappa shape index (κ1) is 16.9. The molecule has 1 unspecified atom stereocenters. The molecule has 2 aromatic rings. The molecule has 1 heterocycles. The fourth-order valence-corrected chi connectivity index (χ4v) is 2.87. The summed E-state index contributed by atoms with van der Waals surface area (Å²) >= 11 is 6.85. The highest BCUT2D eigenvalue weighted by atomic mass is 35.5. The van der Waals surface area contributed by atoms with E-state index >= 15 is 0 Å². The maximum absolute atomic E-state index is 13.1. The number of hydrogen-bond donors (Lipinski definition) is 1. The fraction of sp³-hybridized carbons (Fsp3) is 0.231. The van der Waals surface area contributed by atoms with Crippen LogP contribution in [0.3, 0.4) is 0 Å². The first-order valence-corrected chi connectivity index (χ1v) is 9.30. The number of anilines is 1. The maximum atomic E-state index is 13.1. The van der Waals surface area contributed by atoms with Crippen LogP contribution < -0.4 is 5.32 Å². The summed E-state index contributed by atoms with van der Waals surface area (Å²) in [6.07, 6.45) is 0.991. The molecule has 0 saturated heterocycles. The zero-order chi connectivity index (χ0) is 16.5. The van der Waals surface area contributed by atoms with Crippen molar-refractivity contribution >= 4 is 43.8 Å². The summed E-state index contributed by atoms with van der Waals surface area (Å²) in [5.74, 6) is -1.18. The molecule has 118 valence electrons. The Balaban J connectivity index is 2.18. The van der Waals surface area contributed by atoms with E-state index in [2.05, 4.69) is 10.3 Å². The first-order chi connectivity index (χ1) is 10.2. The van der Waals surface area contributed by atoms with Crippen LogP contribution >= 0.6 is 22.9 Å². The first-order valence-electron chi connectivity index (χ1n) is 6.09. The van der Waals surface area contributed by atoms with E-state index in [9.17, 15) is 17.6 Å². The molecule has 1 atom stereocenters. The zero-order valence-electron chi connectivity index (χ0n) is 11.6. The third-order valence-corrected chi connectivity index (χ3v) is 5.51. The highest BCUT2D eigenvalue weighted by molar-refractivity contribution is 7.92. The second kappa shape index (κ2) is 6.31. The van der Waals surface area contributed by atoms with Crippen LogP contribution in [0, 0.1) is 5.82 Å². The number of nitrogens with zero attached hydrogens (tertiary/aromatic N) is 1. The van der Waals surface area contributed by atoms with E-state index in [1.807, 2.05) is 0 Å². The summed E-state index contributed by atoms with van der Waals surface area (Å²) in [6, 6.07) is 4.17. The molecule has 9 heteroatoms. The van der Waals surface area contributed by atoms with Crippen LogP contribution in [-0.4, -0.2) is 30.8 Å². The molecule has 0 aliphatic heterocycles. The van der Waals surface area contributed by atoms with Crippen LogP contribution in [0.5, 0.6) is 0 Å². The summed E-state index contributed by atoms with van der Waals surface area (Å²) in [6.45, 7) is 1.30. The molecule has 1 aromatic carbocycles. The molecule has 0 radical (unpaired) electrons. The summed E-state index contributed by atoms with van der Waals surface area (Å²) in [4.78, 5) is 16.0. The molecule has 0 fully saturated rings. The number of sulfone groups is 1. The summed E-state index contributed by atoms with van der Waals surface area (Å²) in [5, 5.41) is 3.17. The van der Waals surface area contributed by atoms with Crippen molar-refractivity contribution in [3.8, 4) is 11.3 Å². The Morgan fingerprint density at radius 2 is 2.14 bits per heavy atom. The maximum Gasteiger partial charge on any atom is 0.244 e. The number of carbonyl (C=O) groups excluding carboxylic acids is 1. The Labute approximate surface area is 136 Å². The molecule has 1 N–H and O–H groups in total. The van der Waals surface area contributed by atoms with Gasteiger partial charge in [0.05, 0.1) is 10.7 Å². The van der Waals surface area contributed by atoms with Gasteiger partial charge in [0.25, 0.3) is 0 Å². The molecule has 1 aromatic heterocycles. The number of nitrogens with one attached hydrogen (secondary N) is 1. The van der Waals surface area contributed by atoms with Gasteiger partial charge in [-0.3, -0.25) is 4.79 Å². The minimum Gasteiger partial charge on any atom is -0.301 e. The molecule has 0 bridgehead atoms. The Hall–Kier alpha value is -1.51. The van der Waals surface area contributed by atoms with Crippen molar-refractivity contribution in [3.63, 3.8) is 0 Å². The predicted octanol–water partition coefficient (Wildman–Crippen LogP) is 2.97. The Morgan fingerprint density at radius 3 is 2.73 bits per heavy atom. The van der Waals surface area contributed by atoms with E-state index in [4.69, 9.17) is 11.6 Å². The molecule has 5 nitrogen and oxygen atoms in total. The van der Waals surface area contributed by atoms with Crippen LogP contribution in [0.4, 0.5) is 9.52 Å². The van der Waals surface area contributed by atoms with Crippen molar-refractivity contribution in [1.29, 1.82) is 0 Å². The number of benzene rings is 1. The van der Waals surface area contributed by atoms with Crippen molar-refractivity contribution in [1.82, 2.24) is 4.98 Å². The van der Waals surface area contributed by atoms with Crippen LogP contribution in [0.15, 0.2) is 23.6 Å².